The van der Waals surface area contributed by atoms with Gasteiger partial charge in [-0.15, -0.1) is 10.2 Å². The van der Waals surface area contributed by atoms with Crippen molar-refractivity contribution in [3.8, 4) is 11.4 Å². The molecule has 5 aromatic rings. The fourth-order valence-corrected chi connectivity index (χ4v) is 4.63. The van der Waals surface area contributed by atoms with E-state index in [0.717, 1.165) is 33.4 Å². The Hall–Kier alpha value is -4.17. The van der Waals surface area contributed by atoms with Gasteiger partial charge in [-0.1, -0.05) is 60.3 Å². The first-order valence-corrected chi connectivity index (χ1v) is 12.5. The van der Waals surface area contributed by atoms with E-state index >= 15 is 0 Å². The third-order valence-corrected chi connectivity index (χ3v) is 6.81. The predicted octanol–water partition coefficient (Wildman–Crippen LogP) is 5.74. The summed E-state index contributed by atoms with van der Waals surface area (Å²) in [5.41, 5.74) is 4.71. The minimum Gasteiger partial charge on any atom is -0.483 e. The van der Waals surface area contributed by atoms with E-state index in [-0.39, 0.29) is 18.3 Å². The summed E-state index contributed by atoms with van der Waals surface area (Å²) < 4.78 is 8.06. The molecule has 0 spiro atoms. The van der Waals surface area contributed by atoms with E-state index < -0.39 is 0 Å². The smallest absolute Gasteiger partial charge is 0.234 e. The van der Waals surface area contributed by atoms with Crippen LogP contribution in [0.15, 0.2) is 90.2 Å². The number of fused-ring (bicyclic) bond motifs is 1. The average molecular weight is 496 g/mol. The highest BCUT2D eigenvalue weighted by Gasteiger charge is 2.17. The lowest BCUT2D eigenvalue weighted by molar-refractivity contribution is -0.113. The van der Waals surface area contributed by atoms with Crippen LogP contribution in [0.3, 0.4) is 0 Å². The number of carbonyl (C=O) groups is 1. The normalized spacial score (nSPS) is 10.9. The van der Waals surface area contributed by atoms with Crippen molar-refractivity contribution in [1.82, 2.24) is 19.7 Å². The lowest BCUT2D eigenvalue weighted by atomic mass is 10.1. The maximum atomic E-state index is 12.7. The first kappa shape index (κ1) is 23.6. The largest absolute Gasteiger partial charge is 0.483 e. The summed E-state index contributed by atoms with van der Waals surface area (Å²) in [7, 11) is 0. The molecule has 2 aromatic heterocycles. The minimum absolute atomic E-state index is 0.101. The van der Waals surface area contributed by atoms with Crippen molar-refractivity contribution in [1.29, 1.82) is 0 Å². The molecule has 180 valence electrons. The highest BCUT2D eigenvalue weighted by molar-refractivity contribution is 7.99. The van der Waals surface area contributed by atoms with Crippen molar-refractivity contribution in [3.05, 3.63) is 102 Å². The van der Waals surface area contributed by atoms with E-state index in [1.54, 1.807) is 6.20 Å². The number of hydrogen-bond acceptors (Lipinski definition) is 6. The van der Waals surface area contributed by atoms with E-state index in [4.69, 9.17) is 4.74 Å². The predicted molar refractivity (Wildman–Crippen MR) is 143 cm³/mol. The van der Waals surface area contributed by atoms with Gasteiger partial charge in [-0.05, 0) is 55.3 Å². The van der Waals surface area contributed by atoms with Crippen LogP contribution >= 0.6 is 11.8 Å². The second-order valence-electron chi connectivity index (χ2n) is 8.27. The van der Waals surface area contributed by atoms with Gasteiger partial charge in [0.05, 0.1) is 5.75 Å². The van der Waals surface area contributed by atoms with Gasteiger partial charge in [0.15, 0.2) is 11.0 Å². The van der Waals surface area contributed by atoms with Crippen molar-refractivity contribution in [3.63, 3.8) is 0 Å². The van der Waals surface area contributed by atoms with E-state index in [1.807, 2.05) is 97.3 Å². The first-order chi connectivity index (χ1) is 17.6. The molecule has 1 N–H and O–H groups in total. The zero-order chi connectivity index (χ0) is 24.9. The molecule has 0 bridgehead atoms. The maximum absolute atomic E-state index is 12.7. The molecule has 0 atom stereocenters. The molecule has 2 heterocycles. The number of thioether (sulfide) groups is 1. The number of rotatable bonds is 8. The summed E-state index contributed by atoms with van der Waals surface area (Å²) >= 11 is 1.33. The molecule has 0 aliphatic rings. The van der Waals surface area contributed by atoms with Gasteiger partial charge in [0.1, 0.15) is 17.9 Å². The summed E-state index contributed by atoms with van der Waals surface area (Å²) in [6.07, 6.45) is 1.75. The number of nitrogens with one attached hydrogen (secondary N) is 1. The highest BCUT2D eigenvalue weighted by Crippen LogP contribution is 2.26. The zero-order valence-corrected chi connectivity index (χ0v) is 20.8. The Morgan fingerprint density at radius 2 is 1.75 bits per heavy atom. The Kier molecular flexibility index (Phi) is 6.95. The van der Waals surface area contributed by atoms with Gasteiger partial charge in [-0.25, -0.2) is 0 Å². The Morgan fingerprint density at radius 1 is 0.944 bits per heavy atom. The molecule has 0 saturated heterocycles. The van der Waals surface area contributed by atoms with Gasteiger partial charge >= 0.3 is 0 Å². The number of amides is 1. The number of aryl methyl sites for hydroxylation is 1. The highest BCUT2D eigenvalue weighted by atomic mass is 32.2. The number of benzene rings is 3. The van der Waals surface area contributed by atoms with Crippen LogP contribution < -0.4 is 10.1 Å². The van der Waals surface area contributed by atoms with E-state index in [2.05, 4.69) is 20.5 Å². The maximum Gasteiger partial charge on any atom is 0.234 e. The first-order valence-electron chi connectivity index (χ1n) is 11.6. The van der Waals surface area contributed by atoms with Gasteiger partial charge in [-0.3, -0.25) is 14.3 Å². The summed E-state index contributed by atoms with van der Waals surface area (Å²) in [6, 6.07) is 25.4. The molecule has 1 amide bonds. The Balaban J connectivity index is 1.35. The molecule has 0 aliphatic carbocycles. The molecule has 3 aromatic carbocycles. The molecular weight excluding hydrogens is 470 g/mol. The van der Waals surface area contributed by atoms with Gasteiger partial charge in [0.25, 0.3) is 0 Å². The van der Waals surface area contributed by atoms with E-state index in [0.29, 0.717) is 16.7 Å². The Morgan fingerprint density at radius 3 is 2.61 bits per heavy atom. The van der Waals surface area contributed by atoms with E-state index in [9.17, 15) is 4.79 Å². The number of anilines is 1. The molecule has 7 nitrogen and oxygen atoms in total. The van der Waals surface area contributed by atoms with E-state index in [1.165, 1.54) is 11.8 Å². The van der Waals surface area contributed by atoms with Gasteiger partial charge in [0.2, 0.25) is 5.91 Å². The van der Waals surface area contributed by atoms with Crippen LogP contribution in [0.25, 0.3) is 16.6 Å². The van der Waals surface area contributed by atoms with Crippen LogP contribution in [-0.4, -0.2) is 31.4 Å². The summed E-state index contributed by atoms with van der Waals surface area (Å²) in [5, 5.41) is 13.4. The number of pyridine rings is 1. The lowest BCUT2D eigenvalue weighted by Gasteiger charge is -2.12. The molecule has 0 unspecified atom stereocenters. The number of hydrogen-bond donors (Lipinski definition) is 1. The number of para-hydroxylation sites is 2. The average Bonchev–Trinajstić information content (AvgIpc) is 3.32. The number of aromatic nitrogens is 4. The SMILES string of the molecule is Cc1cccc(NC(=O)CSc2nnc(COc3cccc4cccnc34)n2-c2ccccc2)c1C. The number of carbonyl (C=O) groups excluding carboxylic acids is 1. The molecular formula is C28H25N5O2S. The second-order valence-corrected chi connectivity index (χ2v) is 9.22. The molecule has 0 radical (unpaired) electrons. The molecule has 0 aliphatic heterocycles. The monoisotopic (exact) mass is 495 g/mol. The molecule has 8 heteroatoms. The molecule has 0 fully saturated rings. The van der Waals surface area contributed by atoms with Gasteiger partial charge in [-0.2, -0.15) is 0 Å². The van der Waals surface area contributed by atoms with Crippen LogP contribution in [0, 0.1) is 13.8 Å². The minimum atomic E-state index is -0.101. The topological polar surface area (TPSA) is 81.9 Å². The van der Waals surface area contributed by atoms with Crippen molar-refractivity contribution in [2.45, 2.75) is 25.6 Å². The van der Waals surface area contributed by atoms with Gasteiger partial charge in [0, 0.05) is 23.0 Å². The standard InChI is InChI=1S/C28H25N5O2S/c1-19-9-6-14-23(20(19)2)30-26(34)18-36-28-32-31-25(33(28)22-12-4-3-5-13-22)17-35-24-15-7-10-21-11-8-16-29-27(21)24/h3-16H,17-18H2,1-2H3,(H,30,34). The van der Waals surface area contributed by atoms with Crippen molar-refractivity contribution < 1.29 is 9.53 Å². The van der Waals surface area contributed by atoms with Crippen molar-refractivity contribution in [2.24, 2.45) is 0 Å². The number of nitrogens with zero attached hydrogens (tertiary/aromatic N) is 4. The van der Waals surface area contributed by atoms with Gasteiger partial charge < -0.3 is 10.1 Å². The summed E-state index contributed by atoms with van der Waals surface area (Å²) in [4.78, 5) is 17.2. The quantitative estimate of drug-likeness (QED) is 0.276. The molecule has 5 rings (SSSR count). The Bertz CT molecular complexity index is 1510. The fourth-order valence-electron chi connectivity index (χ4n) is 3.86. The van der Waals surface area contributed by atoms with Crippen molar-refractivity contribution in [2.75, 3.05) is 11.1 Å². The lowest BCUT2D eigenvalue weighted by Crippen LogP contribution is -2.15. The van der Waals surface area contributed by atoms with Crippen LogP contribution in [0.4, 0.5) is 5.69 Å². The number of ether oxygens (including phenoxy) is 1. The summed E-state index contributed by atoms with van der Waals surface area (Å²) in [6.45, 7) is 4.23. The fraction of sp³-hybridized carbons (Fsp3) is 0.143. The van der Waals surface area contributed by atoms with Crippen LogP contribution in [0.5, 0.6) is 5.75 Å². The third-order valence-electron chi connectivity index (χ3n) is 5.88. The van der Waals surface area contributed by atoms with Crippen LogP contribution in [0.1, 0.15) is 17.0 Å². The second kappa shape index (κ2) is 10.6. The van der Waals surface area contributed by atoms with Crippen LogP contribution in [0.2, 0.25) is 0 Å². The summed E-state index contributed by atoms with van der Waals surface area (Å²) in [5.74, 6) is 1.41. The molecule has 0 saturated carbocycles. The molecule has 36 heavy (non-hydrogen) atoms. The Labute approximate surface area is 213 Å². The van der Waals surface area contributed by atoms with Crippen LogP contribution in [-0.2, 0) is 11.4 Å². The zero-order valence-electron chi connectivity index (χ0n) is 20.0. The third kappa shape index (κ3) is 5.08. The van der Waals surface area contributed by atoms with Crippen molar-refractivity contribution >= 4 is 34.3 Å².